The lowest BCUT2D eigenvalue weighted by molar-refractivity contribution is 0.0500. The van der Waals surface area contributed by atoms with Crippen LogP contribution < -0.4 is 4.31 Å². The molecule has 1 aromatic heterocycles. The zero-order valence-electron chi connectivity index (χ0n) is 17.0. The van der Waals surface area contributed by atoms with Gasteiger partial charge in [-0.3, -0.25) is 9.29 Å². The van der Waals surface area contributed by atoms with Gasteiger partial charge in [-0.05, 0) is 61.7 Å². The van der Waals surface area contributed by atoms with Gasteiger partial charge in [0, 0.05) is 19.4 Å². The first kappa shape index (κ1) is 21.5. The standard InChI is InChI=1S/C23H24N2O4S/c1-18-10-12-21(13-11-18)25(2)30(27,28)22-9-3-8-20(16-22)23(26)29-15-5-7-19-6-4-14-24-17-19/h3-4,6,8-14,16-17H,5,7,15H2,1-2H3. The van der Waals surface area contributed by atoms with Crippen LogP contribution in [0.1, 0.15) is 27.9 Å². The van der Waals surface area contributed by atoms with Crippen molar-refractivity contribution in [1.82, 2.24) is 4.98 Å². The topological polar surface area (TPSA) is 76.6 Å². The molecule has 0 amide bonds. The van der Waals surface area contributed by atoms with E-state index in [0.717, 1.165) is 17.5 Å². The summed E-state index contributed by atoms with van der Waals surface area (Å²) in [5, 5.41) is 0. The maximum absolute atomic E-state index is 13.0. The van der Waals surface area contributed by atoms with Gasteiger partial charge in [0.2, 0.25) is 0 Å². The van der Waals surface area contributed by atoms with Gasteiger partial charge < -0.3 is 4.74 Å². The first-order valence-electron chi connectivity index (χ1n) is 9.59. The van der Waals surface area contributed by atoms with Crippen LogP contribution in [-0.2, 0) is 21.2 Å². The molecule has 0 bridgehead atoms. The average Bonchev–Trinajstić information content (AvgIpc) is 2.77. The highest BCUT2D eigenvalue weighted by Crippen LogP contribution is 2.23. The zero-order valence-corrected chi connectivity index (χ0v) is 17.8. The number of benzene rings is 2. The Morgan fingerprint density at radius 2 is 1.83 bits per heavy atom. The van der Waals surface area contributed by atoms with E-state index in [0.29, 0.717) is 12.1 Å². The number of hydrogen-bond donors (Lipinski definition) is 0. The molecule has 0 aliphatic carbocycles. The van der Waals surface area contributed by atoms with Gasteiger partial charge in [0.1, 0.15) is 0 Å². The lowest BCUT2D eigenvalue weighted by Crippen LogP contribution is -2.26. The zero-order chi connectivity index (χ0) is 21.6. The second-order valence-electron chi connectivity index (χ2n) is 6.94. The smallest absolute Gasteiger partial charge is 0.338 e. The van der Waals surface area contributed by atoms with Crippen molar-refractivity contribution in [1.29, 1.82) is 0 Å². The van der Waals surface area contributed by atoms with E-state index in [-0.39, 0.29) is 17.1 Å². The SMILES string of the molecule is Cc1ccc(N(C)S(=O)(=O)c2cccc(C(=O)OCCCc3cccnc3)c2)cc1. The van der Waals surface area contributed by atoms with Crippen LogP contribution in [0.25, 0.3) is 0 Å². The van der Waals surface area contributed by atoms with Crippen LogP contribution in [0.4, 0.5) is 5.69 Å². The van der Waals surface area contributed by atoms with Crippen LogP contribution in [0.3, 0.4) is 0 Å². The van der Waals surface area contributed by atoms with Crippen molar-refractivity contribution in [3.8, 4) is 0 Å². The normalized spacial score (nSPS) is 11.1. The Morgan fingerprint density at radius 1 is 1.07 bits per heavy atom. The van der Waals surface area contributed by atoms with Gasteiger partial charge in [0.25, 0.3) is 10.0 Å². The maximum Gasteiger partial charge on any atom is 0.338 e. The summed E-state index contributed by atoms with van der Waals surface area (Å²) in [6.45, 7) is 2.18. The largest absolute Gasteiger partial charge is 0.462 e. The highest BCUT2D eigenvalue weighted by molar-refractivity contribution is 7.92. The molecule has 0 unspecified atom stereocenters. The fraction of sp³-hybridized carbons (Fsp3) is 0.217. The minimum atomic E-state index is -3.80. The molecule has 3 rings (SSSR count). The Morgan fingerprint density at radius 3 is 2.53 bits per heavy atom. The number of nitrogens with zero attached hydrogens (tertiary/aromatic N) is 2. The number of ether oxygens (including phenoxy) is 1. The molecule has 0 aliphatic rings. The quantitative estimate of drug-likeness (QED) is 0.403. The molecule has 2 aromatic carbocycles. The Balaban J connectivity index is 1.65. The van der Waals surface area contributed by atoms with Crippen molar-refractivity contribution in [2.75, 3.05) is 18.0 Å². The van der Waals surface area contributed by atoms with Crippen LogP contribution in [0.2, 0.25) is 0 Å². The summed E-state index contributed by atoms with van der Waals surface area (Å²) in [5.74, 6) is -0.545. The van der Waals surface area contributed by atoms with Gasteiger partial charge in [0.15, 0.2) is 0 Å². The minimum absolute atomic E-state index is 0.0374. The number of rotatable bonds is 8. The van der Waals surface area contributed by atoms with E-state index in [9.17, 15) is 13.2 Å². The summed E-state index contributed by atoms with van der Waals surface area (Å²) in [6.07, 6.45) is 4.89. The van der Waals surface area contributed by atoms with Crippen LogP contribution in [0.5, 0.6) is 0 Å². The third kappa shape index (κ3) is 5.24. The number of esters is 1. The van der Waals surface area contributed by atoms with Gasteiger partial charge in [-0.25, -0.2) is 13.2 Å². The molecule has 1 heterocycles. The highest BCUT2D eigenvalue weighted by Gasteiger charge is 2.22. The fourth-order valence-corrected chi connectivity index (χ4v) is 4.15. The molecule has 0 atom stereocenters. The van der Waals surface area contributed by atoms with E-state index < -0.39 is 16.0 Å². The van der Waals surface area contributed by atoms with E-state index >= 15 is 0 Å². The van der Waals surface area contributed by atoms with Crippen molar-refractivity contribution in [2.45, 2.75) is 24.7 Å². The van der Waals surface area contributed by atoms with E-state index in [2.05, 4.69) is 4.98 Å². The van der Waals surface area contributed by atoms with Crippen molar-refractivity contribution >= 4 is 21.7 Å². The van der Waals surface area contributed by atoms with Crippen molar-refractivity contribution in [3.05, 3.63) is 89.7 Å². The maximum atomic E-state index is 13.0. The van der Waals surface area contributed by atoms with Crippen LogP contribution in [-0.4, -0.2) is 33.0 Å². The number of sulfonamides is 1. The first-order chi connectivity index (χ1) is 14.4. The Bertz CT molecular complexity index is 1100. The predicted molar refractivity (Wildman–Crippen MR) is 116 cm³/mol. The second kappa shape index (κ2) is 9.54. The first-order valence-corrected chi connectivity index (χ1v) is 11.0. The Labute approximate surface area is 177 Å². The third-order valence-corrected chi connectivity index (χ3v) is 6.47. The number of anilines is 1. The number of aryl methyl sites for hydroxylation is 2. The molecule has 6 nitrogen and oxygen atoms in total. The lowest BCUT2D eigenvalue weighted by Gasteiger charge is -2.20. The summed E-state index contributed by atoms with van der Waals surface area (Å²) < 4.78 is 32.5. The second-order valence-corrected chi connectivity index (χ2v) is 8.91. The van der Waals surface area contributed by atoms with E-state index in [1.165, 1.54) is 23.5 Å². The van der Waals surface area contributed by atoms with Gasteiger partial charge in [-0.2, -0.15) is 0 Å². The molecule has 30 heavy (non-hydrogen) atoms. The van der Waals surface area contributed by atoms with Gasteiger partial charge in [-0.15, -0.1) is 0 Å². The van der Waals surface area contributed by atoms with Crippen LogP contribution in [0, 0.1) is 6.92 Å². The minimum Gasteiger partial charge on any atom is -0.462 e. The summed E-state index contributed by atoms with van der Waals surface area (Å²) in [6, 6.07) is 16.9. The third-order valence-electron chi connectivity index (χ3n) is 4.69. The van der Waals surface area contributed by atoms with Gasteiger partial charge in [0.05, 0.1) is 22.8 Å². The highest BCUT2D eigenvalue weighted by atomic mass is 32.2. The van der Waals surface area contributed by atoms with Crippen LogP contribution >= 0.6 is 0 Å². The molecule has 3 aromatic rings. The number of carbonyl (C=O) groups excluding carboxylic acids is 1. The monoisotopic (exact) mass is 424 g/mol. The van der Waals surface area contributed by atoms with E-state index in [1.54, 1.807) is 36.7 Å². The van der Waals surface area contributed by atoms with Crippen molar-refractivity contribution in [2.24, 2.45) is 0 Å². The molecule has 0 fully saturated rings. The number of aromatic nitrogens is 1. The molecule has 0 saturated carbocycles. The molecule has 7 heteroatoms. The predicted octanol–water partition coefficient (Wildman–Crippen LogP) is 4.00. The molecular formula is C23H24N2O4S. The number of carbonyl (C=O) groups is 1. The molecule has 0 N–H and O–H groups in total. The van der Waals surface area contributed by atoms with Crippen LogP contribution in [0.15, 0.2) is 78.0 Å². The summed E-state index contributed by atoms with van der Waals surface area (Å²) >= 11 is 0. The van der Waals surface area contributed by atoms with E-state index in [4.69, 9.17) is 4.74 Å². The van der Waals surface area contributed by atoms with Crippen molar-refractivity contribution in [3.63, 3.8) is 0 Å². The molecule has 0 spiro atoms. The number of hydrogen-bond acceptors (Lipinski definition) is 5. The Hall–Kier alpha value is -3.19. The molecule has 0 radical (unpaired) electrons. The Kier molecular flexibility index (Phi) is 6.84. The summed E-state index contributed by atoms with van der Waals surface area (Å²) in [7, 11) is -2.31. The van der Waals surface area contributed by atoms with Gasteiger partial charge >= 0.3 is 5.97 Å². The summed E-state index contributed by atoms with van der Waals surface area (Å²) in [5.41, 5.74) is 2.86. The lowest BCUT2D eigenvalue weighted by atomic mass is 10.2. The number of pyridine rings is 1. The van der Waals surface area contributed by atoms with E-state index in [1.807, 2.05) is 31.2 Å². The fourth-order valence-electron chi connectivity index (χ4n) is 2.91. The molecule has 0 saturated heterocycles. The van der Waals surface area contributed by atoms with Crippen molar-refractivity contribution < 1.29 is 17.9 Å². The van der Waals surface area contributed by atoms with Gasteiger partial charge in [-0.1, -0.05) is 29.8 Å². The summed E-state index contributed by atoms with van der Waals surface area (Å²) in [4.78, 5) is 16.5. The molecular weight excluding hydrogens is 400 g/mol. The molecule has 0 aliphatic heterocycles. The average molecular weight is 425 g/mol. The molecule has 156 valence electrons.